The van der Waals surface area contributed by atoms with Crippen molar-refractivity contribution in [2.45, 2.75) is 64.6 Å². The van der Waals surface area contributed by atoms with Gasteiger partial charge in [-0.1, -0.05) is 24.1 Å². The molecule has 0 heterocycles. The quantitative estimate of drug-likeness (QED) is 0.355. The number of allylic oxidation sites excluding steroid dienone is 4. The average molecular weight is 440 g/mol. The van der Waals surface area contributed by atoms with Crippen LogP contribution in [0, 0.1) is 0 Å². The molecular formula is C25H28O7. The van der Waals surface area contributed by atoms with Gasteiger partial charge in [-0.05, 0) is 63.8 Å². The van der Waals surface area contributed by atoms with E-state index in [1.807, 2.05) is 26.0 Å². The molecule has 1 aromatic carbocycles. The molecule has 0 amide bonds. The van der Waals surface area contributed by atoms with Gasteiger partial charge in [0.05, 0.1) is 11.1 Å². The lowest BCUT2D eigenvalue weighted by Gasteiger charge is -2.23. The molecule has 0 saturated heterocycles. The maximum absolute atomic E-state index is 12.6. The molecule has 1 aromatic rings. The molecule has 0 spiro atoms. The molecule has 0 saturated carbocycles. The highest BCUT2D eigenvalue weighted by atomic mass is 16.7. The van der Waals surface area contributed by atoms with Crippen LogP contribution in [0.2, 0.25) is 0 Å². The van der Waals surface area contributed by atoms with Crippen molar-refractivity contribution in [3.63, 3.8) is 0 Å². The molecule has 2 N–H and O–H groups in total. The number of benzene rings is 1. The van der Waals surface area contributed by atoms with E-state index in [0.717, 1.165) is 49.5 Å². The van der Waals surface area contributed by atoms with Crippen LogP contribution in [0.15, 0.2) is 42.0 Å². The van der Waals surface area contributed by atoms with Crippen LogP contribution in [0.5, 0.6) is 11.5 Å². The van der Waals surface area contributed by atoms with Gasteiger partial charge in [0.25, 0.3) is 0 Å². The Labute approximate surface area is 187 Å². The number of phenols is 2. The van der Waals surface area contributed by atoms with Gasteiger partial charge >= 0.3 is 6.16 Å². The molecule has 7 nitrogen and oxygen atoms in total. The van der Waals surface area contributed by atoms with E-state index >= 15 is 0 Å². The van der Waals surface area contributed by atoms with E-state index in [1.165, 1.54) is 0 Å². The van der Waals surface area contributed by atoms with E-state index in [-0.39, 0.29) is 23.1 Å². The number of hydrogen-bond acceptors (Lipinski definition) is 7. The number of ketones is 2. The summed E-state index contributed by atoms with van der Waals surface area (Å²) in [7, 11) is 0. The van der Waals surface area contributed by atoms with Crippen molar-refractivity contribution in [2.24, 2.45) is 0 Å². The SMILES string of the molecule is CC(C)=CC[C@@H](OC(=O)OC1/C=C/CCCCC1)c1cc(O)c2c(c1O)C(=O)C=CC2=O. The second-order valence-corrected chi connectivity index (χ2v) is 8.24. The Balaban J connectivity index is 1.90. The van der Waals surface area contributed by atoms with E-state index in [9.17, 15) is 24.6 Å². The highest BCUT2D eigenvalue weighted by Gasteiger charge is 2.32. The lowest BCUT2D eigenvalue weighted by Crippen LogP contribution is -2.21. The highest BCUT2D eigenvalue weighted by Crippen LogP contribution is 2.41. The largest absolute Gasteiger partial charge is 0.509 e. The van der Waals surface area contributed by atoms with Gasteiger partial charge in [0.1, 0.15) is 23.7 Å². The number of rotatable bonds is 5. The molecule has 2 aliphatic carbocycles. The predicted octanol–water partition coefficient (Wildman–Crippen LogP) is 5.47. The van der Waals surface area contributed by atoms with Crippen molar-refractivity contribution in [1.82, 2.24) is 0 Å². The summed E-state index contributed by atoms with van der Waals surface area (Å²) in [5.74, 6) is -2.16. The molecule has 0 aliphatic heterocycles. The van der Waals surface area contributed by atoms with Gasteiger partial charge in [-0.2, -0.15) is 0 Å². The summed E-state index contributed by atoms with van der Waals surface area (Å²) < 4.78 is 11.0. The van der Waals surface area contributed by atoms with Gasteiger partial charge in [-0.15, -0.1) is 0 Å². The number of carbonyl (C=O) groups is 3. The van der Waals surface area contributed by atoms with E-state index < -0.39 is 41.4 Å². The highest BCUT2D eigenvalue weighted by molar-refractivity contribution is 6.24. The number of hydrogen-bond donors (Lipinski definition) is 2. The molecule has 7 heteroatoms. The zero-order valence-corrected chi connectivity index (χ0v) is 18.3. The molecular weight excluding hydrogens is 412 g/mol. The zero-order valence-electron chi connectivity index (χ0n) is 18.3. The van der Waals surface area contributed by atoms with E-state index in [2.05, 4.69) is 0 Å². The predicted molar refractivity (Wildman–Crippen MR) is 118 cm³/mol. The first-order chi connectivity index (χ1) is 15.3. The third-order valence-corrected chi connectivity index (χ3v) is 5.47. The zero-order chi connectivity index (χ0) is 23.3. The number of carbonyl (C=O) groups excluding carboxylic acids is 3. The Morgan fingerprint density at radius 3 is 2.56 bits per heavy atom. The molecule has 32 heavy (non-hydrogen) atoms. The Kier molecular flexibility index (Phi) is 7.51. The molecule has 0 radical (unpaired) electrons. The second-order valence-electron chi connectivity index (χ2n) is 8.24. The summed E-state index contributed by atoms with van der Waals surface area (Å²) in [6.45, 7) is 3.73. The van der Waals surface area contributed by atoms with Crippen LogP contribution in [0.1, 0.15) is 84.8 Å². The maximum atomic E-state index is 12.6. The fourth-order valence-electron chi connectivity index (χ4n) is 3.81. The number of ether oxygens (including phenoxy) is 2. The minimum absolute atomic E-state index is 0.0281. The Morgan fingerprint density at radius 2 is 1.84 bits per heavy atom. The minimum atomic E-state index is -1.03. The molecule has 1 unspecified atom stereocenters. The number of fused-ring (bicyclic) bond motifs is 1. The Bertz CT molecular complexity index is 996. The number of phenolic OH excluding ortho intramolecular Hbond substituents is 2. The normalized spacial score (nSPS) is 19.9. The van der Waals surface area contributed by atoms with Crippen LogP contribution in [-0.4, -0.2) is 34.0 Å². The lowest BCUT2D eigenvalue weighted by molar-refractivity contribution is 0.00620. The van der Waals surface area contributed by atoms with Gasteiger partial charge in [-0.3, -0.25) is 9.59 Å². The number of aromatic hydroxyl groups is 2. The summed E-state index contributed by atoms with van der Waals surface area (Å²) in [5, 5.41) is 21.2. The minimum Gasteiger partial charge on any atom is -0.507 e. The maximum Gasteiger partial charge on any atom is 0.509 e. The summed E-state index contributed by atoms with van der Waals surface area (Å²) in [6.07, 6.45) is 10.3. The van der Waals surface area contributed by atoms with Crippen LogP contribution in [0.3, 0.4) is 0 Å². The van der Waals surface area contributed by atoms with Crippen molar-refractivity contribution in [1.29, 1.82) is 0 Å². The summed E-state index contributed by atoms with van der Waals surface area (Å²) in [5.41, 5.74) is 0.419. The van der Waals surface area contributed by atoms with E-state index in [0.29, 0.717) is 6.42 Å². The third-order valence-electron chi connectivity index (χ3n) is 5.47. The van der Waals surface area contributed by atoms with Gasteiger partial charge in [0.15, 0.2) is 11.6 Å². The second kappa shape index (κ2) is 10.3. The molecule has 170 valence electrons. The van der Waals surface area contributed by atoms with Crippen molar-refractivity contribution in [2.75, 3.05) is 0 Å². The summed E-state index contributed by atoms with van der Waals surface area (Å²) in [6, 6.07) is 1.16. The Morgan fingerprint density at radius 1 is 1.12 bits per heavy atom. The van der Waals surface area contributed by atoms with Gasteiger partial charge in [-0.25, -0.2) is 4.79 Å². The molecule has 2 aliphatic rings. The van der Waals surface area contributed by atoms with Gasteiger partial charge < -0.3 is 19.7 Å². The summed E-state index contributed by atoms with van der Waals surface area (Å²) >= 11 is 0. The first-order valence-electron chi connectivity index (χ1n) is 10.8. The smallest absolute Gasteiger partial charge is 0.507 e. The fourth-order valence-corrected chi connectivity index (χ4v) is 3.81. The monoisotopic (exact) mass is 440 g/mol. The fraction of sp³-hybridized carbons (Fsp3) is 0.400. The van der Waals surface area contributed by atoms with Crippen LogP contribution in [-0.2, 0) is 9.47 Å². The van der Waals surface area contributed by atoms with Crippen molar-refractivity contribution < 1.29 is 34.1 Å². The molecule has 2 atom stereocenters. The van der Waals surface area contributed by atoms with Crippen LogP contribution < -0.4 is 0 Å². The van der Waals surface area contributed by atoms with Crippen LogP contribution in [0.25, 0.3) is 0 Å². The van der Waals surface area contributed by atoms with E-state index in [1.54, 1.807) is 6.08 Å². The third kappa shape index (κ3) is 5.46. The molecule has 0 fully saturated rings. The average Bonchev–Trinajstić information content (AvgIpc) is 2.71. The summed E-state index contributed by atoms with van der Waals surface area (Å²) in [4.78, 5) is 37.0. The molecule has 0 bridgehead atoms. The Hall–Kier alpha value is -3.35. The topological polar surface area (TPSA) is 110 Å². The molecule has 3 rings (SSSR count). The lowest BCUT2D eigenvalue weighted by atomic mass is 9.89. The first-order valence-corrected chi connectivity index (χ1v) is 10.8. The first kappa shape index (κ1) is 23.3. The van der Waals surface area contributed by atoms with Crippen LogP contribution in [0.4, 0.5) is 4.79 Å². The van der Waals surface area contributed by atoms with Crippen molar-refractivity contribution in [3.05, 3.63) is 58.7 Å². The van der Waals surface area contributed by atoms with Crippen LogP contribution >= 0.6 is 0 Å². The van der Waals surface area contributed by atoms with Crippen molar-refractivity contribution in [3.8, 4) is 11.5 Å². The van der Waals surface area contributed by atoms with Crippen molar-refractivity contribution >= 4 is 17.7 Å². The standard InChI is InChI=1S/C25H28O7/c1-15(2)10-13-21(32-25(30)31-16-8-6-4-3-5-7-9-16)17-14-20(28)22-18(26)11-12-19(27)23(22)24(17)29/h6,8,10-12,14,16,21,28-29H,3-5,7,9,13H2,1-2H3/b8-6+/t16?,21-/m1/s1. The molecule has 0 aromatic heterocycles. The van der Waals surface area contributed by atoms with E-state index in [4.69, 9.17) is 9.47 Å². The van der Waals surface area contributed by atoms with Gasteiger partial charge in [0, 0.05) is 12.0 Å². The van der Waals surface area contributed by atoms with Gasteiger partial charge in [0.2, 0.25) is 0 Å².